The number of nitrogens with zero attached hydrogens (tertiary/aromatic N) is 2. The summed E-state index contributed by atoms with van der Waals surface area (Å²) < 4.78 is 5.22. The minimum Gasteiger partial charge on any atom is -0.507 e. The van der Waals surface area contributed by atoms with Gasteiger partial charge in [0.15, 0.2) is 5.82 Å². The van der Waals surface area contributed by atoms with E-state index >= 15 is 0 Å². The summed E-state index contributed by atoms with van der Waals surface area (Å²) in [6.07, 6.45) is 3.52. The van der Waals surface area contributed by atoms with E-state index in [-0.39, 0.29) is 5.75 Å². The second kappa shape index (κ2) is 3.87. The Balaban J connectivity index is 1.97. The van der Waals surface area contributed by atoms with Crippen molar-refractivity contribution >= 4 is 0 Å². The molecule has 1 N–H and O–H groups in total. The average Bonchev–Trinajstić information content (AvgIpc) is 2.68. The predicted octanol–water partition coefficient (Wildman–Crippen LogP) is 3.02. The highest BCUT2D eigenvalue weighted by Crippen LogP contribution is 2.36. The molecule has 0 saturated heterocycles. The second-order valence-corrected chi connectivity index (χ2v) is 4.61. The summed E-state index contributed by atoms with van der Waals surface area (Å²) in [4.78, 5) is 4.37. The lowest BCUT2D eigenvalue weighted by Crippen LogP contribution is -2.10. The van der Waals surface area contributed by atoms with Gasteiger partial charge in [-0.05, 0) is 31.9 Å². The highest BCUT2D eigenvalue weighted by molar-refractivity contribution is 5.63. The first-order valence-corrected chi connectivity index (χ1v) is 5.87. The smallest absolute Gasteiger partial charge is 0.261 e. The number of phenolic OH excluding ortho intramolecular Hbond substituents is 1. The zero-order valence-electron chi connectivity index (χ0n) is 9.68. The number of phenols is 1. The SMILES string of the molecule is Cc1ccc(O)c(-c2nc(C3CCC3)no2)c1. The van der Waals surface area contributed by atoms with Gasteiger partial charge in [-0.15, -0.1) is 0 Å². The average molecular weight is 230 g/mol. The van der Waals surface area contributed by atoms with Gasteiger partial charge in [0.2, 0.25) is 0 Å². The molecule has 1 aromatic carbocycles. The lowest BCUT2D eigenvalue weighted by atomic mass is 9.85. The Kier molecular flexibility index (Phi) is 2.35. The third-order valence-corrected chi connectivity index (χ3v) is 3.29. The second-order valence-electron chi connectivity index (χ2n) is 4.61. The summed E-state index contributed by atoms with van der Waals surface area (Å²) in [5.41, 5.74) is 1.67. The van der Waals surface area contributed by atoms with E-state index in [1.54, 1.807) is 6.07 Å². The lowest BCUT2D eigenvalue weighted by Gasteiger charge is -2.20. The van der Waals surface area contributed by atoms with Crippen molar-refractivity contribution in [3.63, 3.8) is 0 Å². The van der Waals surface area contributed by atoms with Crippen molar-refractivity contribution < 1.29 is 9.63 Å². The molecule has 1 saturated carbocycles. The first kappa shape index (κ1) is 10.3. The summed E-state index contributed by atoms with van der Waals surface area (Å²) >= 11 is 0. The van der Waals surface area contributed by atoms with E-state index in [0.717, 1.165) is 24.2 Å². The lowest BCUT2D eigenvalue weighted by molar-refractivity contribution is 0.365. The number of hydrogen-bond acceptors (Lipinski definition) is 4. The molecule has 0 atom stereocenters. The van der Waals surface area contributed by atoms with Crippen LogP contribution in [0.15, 0.2) is 22.7 Å². The van der Waals surface area contributed by atoms with Crippen LogP contribution in [-0.2, 0) is 0 Å². The summed E-state index contributed by atoms with van der Waals surface area (Å²) in [5, 5.41) is 13.8. The fraction of sp³-hybridized carbons (Fsp3) is 0.385. The van der Waals surface area contributed by atoms with Gasteiger partial charge in [0.1, 0.15) is 5.75 Å². The van der Waals surface area contributed by atoms with Gasteiger partial charge in [-0.25, -0.2) is 0 Å². The van der Waals surface area contributed by atoms with Gasteiger partial charge in [0.05, 0.1) is 5.56 Å². The number of aryl methyl sites for hydroxylation is 1. The van der Waals surface area contributed by atoms with Gasteiger partial charge in [-0.2, -0.15) is 4.98 Å². The Morgan fingerprint density at radius 2 is 2.18 bits per heavy atom. The number of aromatic nitrogens is 2. The first-order valence-electron chi connectivity index (χ1n) is 5.87. The Morgan fingerprint density at radius 3 is 2.88 bits per heavy atom. The molecule has 88 valence electrons. The quantitative estimate of drug-likeness (QED) is 0.861. The van der Waals surface area contributed by atoms with E-state index in [1.165, 1.54) is 6.42 Å². The molecule has 4 heteroatoms. The van der Waals surface area contributed by atoms with Crippen molar-refractivity contribution in [3.05, 3.63) is 29.6 Å². The van der Waals surface area contributed by atoms with Crippen molar-refractivity contribution in [3.8, 4) is 17.2 Å². The molecule has 0 aliphatic heterocycles. The third kappa shape index (κ3) is 1.79. The zero-order chi connectivity index (χ0) is 11.8. The summed E-state index contributed by atoms with van der Waals surface area (Å²) in [7, 11) is 0. The van der Waals surface area contributed by atoms with Crippen LogP contribution in [-0.4, -0.2) is 15.2 Å². The van der Waals surface area contributed by atoms with Crippen molar-refractivity contribution in [1.29, 1.82) is 0 Å². The van der Waals surface area contributed by atoms with E-state index in [2.05, 4.69) is 10.1 Å². The van der Waals surface area contributed by atoms with Crippen molar-refractivity contribution in [1.82, 2.24) is 10.1 Å². The minimum absolute atomic E-state index is 0.180. The van der Waals surface area contributed by atoms with Crippen LogP contribution in [0.1, 0.15) is 36.6 Å². The molecule has 1 aliphatic carbocycles. The van der Waals surface area contributed by atoms with Gasteiger partial charge in [-0.3, -0.25) is 0 Å². The van der Waals surface area contributed by atoms with Crippen molar-refractivity contribution in [2.24, 2.45) is 0 Å². The van der Waals surface area contributed by atoms with Crippen LogP contribution in [0.4, 0.5) is 0 Å². The molecule has 0 unspecified atom stereocenters. The predicted molar refractivity (Wildman–Crippen MR) is 62.7 cm³/mol. The van der Waals surface area contributed by atoms with Crippen molar-refractivity contribution in [2.45, 2.75) is 32.1 Å². The summed E-state index contributed by atoms with van der Waals surface area (Å²) in [6.45, 7) is 1.96. The number of benzene rings is 1. The molecular weight excluding hydrogens is 216 g/mol. The maximum Gasteiger partial charge on any atom is 0.261 e. The molecular formula is C13H14N2O2. The molecule has 2 aromatic rings. The van der Waals surface area contributed by atoms with Crippen LogP contribution in [0.2, 0.25) is 0 Å². The van der Waals surface area contributed by atoms with Gasteiger partial charge < -0.3 is 9.63 Å². The molecule has 0 amide bonds. The van der Waals surface area contributed by atoms with E-state index in [9.17, 15) is 5.11 Å². The maximum atomic E-state index is 9.78. The topological polar surface area (TPSA) is 59.2 Å². The molecule has 1 aromatic heterocycles. The van der Waals surface area contributed by atoms with E-state index in [4.69, 9.17) is 4.52 Å². The Labute approximate surface area is 99.3 Å². The molecule has 1 fully saturated rings. The van der Waals surface area contributed by atoms with E-state index in [1.807, 2.05) is 19.1 Å². The largest absolute Gasteiger partial charge is 0.507 e. The van der Waals surface area contributed by atoms with E-state index < -0.39 is 0 Å². The van der Waals surface area contributed by atoms with E-state index in [0.29, 0.717) is 17.4 Å². The van der Waals surface area contributed by atoms with Gasteiger partial charge in [-0.1, -0.05) is 23.2 Å². The Morgan fingerprint density at radius 1 is 1.35 bits per heavy atom. The van der Waals surface area contributed by atoms with Gasteiger partial charge >= 0.3 is 0 Å². The fourth-order valence-corrected chi connectivity index (χ4v) is 2.00. The normalized spacial score (nSPS) is 15.8. The van der Waals surface area contributed by atoms with Crippen LogP contribution in [0.5, 0.6) is 5.75 Å². The van der Waals surface area contributed by atoms with Crippen LogP contribution in [0, 0.1) is 6.92 Å². The van der Waals surface area contributed by atoms with Crippen LogP contribution >= 0.6 is 0 Å². The number of hydrogen-bond donors (Lipinski definition) is 1. The Bertz CT molecular complexity index is 544. The highest BCUT2D eigenvalue weighted by atomic mass is 16.5. The van der Waals surface area contributed by atoms with Gasteiger partial charge in [0.25, 0.3) is 5.89 Å². The Hall–Kier alpha value is -1.84. The molecule has 4 nitrogen and oxygen atoms in total. The molecule has 3 rings (SSSR count). The molecule has 17 heavy (non-hydrogen) atoms. The van der Waals surface area contributed by atoms with Crippen LogP contribution < -0.4 is 0 Å². The first-order chi connectivity index (χ1) is 8.24. The summed E-state index contributed by atoms with van der Waals surface area (Å²) in [6, 6.07) is 5.35. The number of aromatic hydroxyl groups is 1. The van der Waals surface area contributed by atoms with Crippen LogP contribution in [0.25, 0.3) is 11.5 Å². The van der Waals surface area contributed by atoms with Gasteiger partial charge in [0, 0.05) is 5.92 Å². The van der Waals surface area contributed by atoms with Crippen molar-refractivity contribution in [2.75, 3.05) is 0 Å². The molecule has 0 spiro atoms. The molecule has 0 bridgehead atoms. The highest BCUT2D eigenvalue weighted by Gasteiger charge is 2.25. The summed E-state index contributed by atoms with van der Waals surface area (Å²) in [5.74, 6) is 1.80. The molecule has 1 aliphatic rings. The maximum absolute atomic E-state index is 9.78. The monoisotopic (exact) mass is 230 g/mol. The molecule has 0 radical (unpaired) electrons. The standard InChI is InChI=1S/C13H14N2O2/c1-8-5-6-11(16)10(7-8)13-14-12(15-17-13)9-3-2-4-9/h5-7,9,16H,2-4H2,1H3. The number of rotatable bonds is 2. The minimum atomic E-state index is 0.180. The zero-order valence-corrected chi connectivity index (χ0v) is 9.68. The van der Waals surface area contributed by atoms with Crippen LogP contribution in [0.3, 0.4) is 0 Å². The molecule has 1 heterocycles. The fourth-order valence-electron chi connectivity index (χ4n) is 2.00. The third-order valence-electron chi connectivity index (χ3n) is 3.29.